The molecule has 1 heterocycles. The number of hydrogen-bond acceptors (Lipinski definition) is 3. The van der Waals surface area contributed by atoms with Gasteiger partial charge in [-0.3, -0.25) is 20.4 Å². The largest absolute Gasteiger partial charge is 0.321 e. The Morgan fingerprint density at radius 1 is 1.12 bits per heavy atom. The predicted molar refractivity (Wildman–Crippen MR) is 89.5 cm³/mol. The van der Waals surface area contributed by atoms with Gasteiger partial charge in [0.25, 0.3) is 11.8 Å². The van der Waals surface area contributed by atoms with Crippen LogP contribution in [0.4, 0.5) is 0 Å². The molecule has 0 radical (unpaired) electrons. The molecule has 4 rings (SSSR count). The van der Waals surface area contributed by atoms with Crippen molar-refractivity contribution in [2.45, 2.75) is 32.2 Å². The fourth-order valence-corrected chi connectivity index (χ4v) is 3.05. The number of nitrogens with zero attached hydrogens (tertiary/aromatic N) is 2. The van der Waals surface area contributed by atoms with Crippen LogP contribution in [0.15, 0.2) is 42.2 Å². The molecule has 1 aromatic carbocycles. The number of benzene rings is 1. The number of hydrogen-bond donors (Lipinski definition) is 2. The summed E-state index contributed by atoms with van der Waals surface area (Å²) in [7, 11) is 0. The molecule has 0 saturated heterocycles. The molecular formula is C18H20N4O2. The van der Waals surface area contributed by atoms with Crippen molar-refractivity contribution >= 4 is 22.8 Å². The van der Waals surface area contributed by atoms with E-state index < -0.39 is 0 Å². The molecular weight excluding hydrogens is 304 g/mol. The van der Waals surface area contributed by atoms with Gasteiger partial charge in [-0.2, -0.15) is 0 Å². The molecule has 2 aliphatic carbocycles. The van der Waals surface area contributed by atoms with Gasteiger partial charge in [-0.05, 0) is 49.7 Å². The van der Waals surface area contributed by atoms with Gasteiger partial charge in [-0.25, -0.2) is 4.98 Å². The summed E-state index contributed by atoms with van der Waals surface area (Å²) in [4.78, 5) is 28.3. The summed E-state index contributed by atoms with van der Waals surface area (Å²) in [5, 5.41) is 0. The second-order valence-electron chi connectivity index (χ2n) is 6.59. The van der Waals surface area contributed by atoms with Crippen molar-refractivity contribution in [3.8, 4) is 0 Å². The zero-order chi connectivity index (χ0) is 16.5. The Kier molecular flexibility index (Phi) is 3.80. The Hall–Kier alpha value is -2.63. The molecule has 2 fully saturated rings. The molecule has 2 amide bonds. The van der Waals surface area contributed by atoms with Crippen LogP contribution in [0.25, 0.3) is 11.0 Å². The molecule has 2 saturated carbocycles. The smallest absolute Gasteiger partial charge is 0.262 e. The first kappa shape index (κ1) is 14.9. The van der Waals surface area contributed by atoms with E-state index in [-0.39, 0.29) is 18.4 Å². The van der Waals surface area contributed by atoms with E-state index in [0.717, 1.165) is 11.0 Å². The number of fused-ring (bicyclic) bond motifs is 1. The lowest BCUT2D eigenvalue weighted by Crippen LogP contribution is -2.42. The van der Waals surface area contributed by atoms with E-state index in [0.29, 0.717) is 11.8 Å². The van der Waals surface area contributed by atoms with E-state index in [1.54, 1.807) is 17.0 Å². The van der Waals surface area contributed by atoms with Crippen molar-refractivity contribution in [2.24, 2.45) is 11.8 Å². The van der Waals surface area contributed by atoms with E-state index in [2.05, 4.69) is 15.8 Å². The molecule has 0 aliphatic heterocycles. The van der Waals surface area contributed by atoms with Crippen LogP contribution in [-0.2, 0) is 16.1 Å². The van der Waals surface area contributed by atoms with E-state index in [1.807, 2.05) is 24.3 Å². The quantitative estimate of drug-likeness (QED) is 0.652. The molecule has 6 heteroatoms. The maximum Gasteiger partial charge on any atom is 0.262 e. The van der Waals surface area contributed by atoms with Crippen molar-refractivity contribution in [3.63, 3.8) is 0 Å². The monoisotopic (exact) mass is 324 g/mol. The minimum atomic E-state index is -0.278. The number of amides is 2. The number of hydrazine groups is 1. The van der Waals surface area contributed by atoms with Gasteiger partial charge in [0, 0.05) is 6.08 Å². The average molecular weight is 324 g/mol. The van der Waals surface area contributed by atoms with Crippen LogP contribution in [0.2, 0.25) is 0 Å². The second-order valence-corrected chi connectivity index (χ2v) is 6.59. The van der Waals surface area contributed by atoms with Crippen LogP contribution in [0.1, 0.15) is 25.7 Å². The van der Waals surface area contributed by atoms with E-state index in [1.165, 1.54) is 31.3 Å². The highest BCUT2D eigenvalue weighted by atomic mass is 16.2. The first-order chi connectivity index (χ1) is 11.7. The van der Waals surface area contributed by atoms with Gasteiger partial charge in [0.1, 0.15) is 6.54 Å². The lowest BCUT2D eigenvalue weighted by atomic mass is 10.1. The summed E-state index contributed by atoms with van der Waals surface area (Å²) in [6, 6.07) is 7.62. The maximum atomic E-state index is 12.0. The highest BCUT2D eigenvalue weighted by Crippen LogP contribution is 2.48. The third-order valence-corrected chi connectivity index (χ3v) is 4.56. The summed E-state index contributed by atoms with van der Waals surface area (Å²) in [6.45, 7) is 0.114. The molecule has 124 valence electrons. The van der Waals surface area contributed by atoms with Crippen molar-refractivity contribution in [2.75, 3.05) is 0 Å². The number of allylic oxidation sites excluding steroid dienone is 1. The van der Waals surface area contributed by atoms with E-state index in [9.17, 15) is 9.59 Å². The second kappa shape index (κ2) is 6.11. The number of carbonyl (C=O) groups is 2. The number of para-hydroxylation sites is 2. The summed E-state index contributed by atoms with van der Waals surface area (Å²) in [5.74, 6) is 0.666. The van der Waals surface area contributed by atoms with Crippen LogP contribution in [0.3, 0.4) is 0 Å². The van der Waals surface area contributed by atoms with Gasteiger partial charge in [0.2, 0.25) is 0 Å². The number of carbonyl (C=O) groups excluding carboxylic acids is 2. The molecule has 6 nitrogen and oxygen atoms in total. The van der Waals surface area contributed by atoms with Crippen molar-refractivity contribution < 1.29 is 9.59 Å². The zero-order valence-corrected chi connectivity index (χ0v) is 13.4. The summed E-state index contributed by atoms with van der Waals surface area (Å²) < 4.78 is 1.76. The number of nitrogens with one attached hydrogen (secondary N) is 2. The standard InChI is InChI=1S/C18H20N4O2/c23-17(9-14(12-5-6-12)13-7-8-13)20-21-18(24)10-22-11-19-15-3-1-2-4-16(15)22/h1-4,9,11-13H,5-8,10H2,(H,20,23)(H,21,24). The summed E-state index contributed by atoms with van der Waals surface area (Å²) >= 11 is 0. The summed E-state index contributed by atoms with van der Waals surface area (Å²) in [5.41, 5.74) is 7.97. The van der Waals surface area contributed by atoms with Crippen molar-refractivity contribution in [1.82, 2.24) is 20.4 Å². The first-order valence-corrected chi connectivity index (χ1v) is 8.41. The molecule has 2 N–H and O–H groups in total. The highest BCUT2D eigenvalue weighted by molar-refractivity contribution is 5.90. The Bertz CT molecular complexity index is 801. The van der Waals surface area contributed by atoms with E-state index in [4.69, 9.17) is 0 Å². The Balaban J connectivity index is 1.33. The normalized spacial score (nSPS) is 16.7. The number of aromatic nitrogens is 2. The minimum absolute atomic E-state index is 0.114. The van der Waals surface area contributed by atoms with Crippen molar-refractivity contribution in [3.05, 3.63) is 42.2 Å². The zero-order valence-electron chi connectivity index (χ0n) is 13.4. The Labute approximate surface area is 139 Å². The van der Waals surface area contributed by atoms with Crippen LogP contribution in [0.5, 0.6) is 0 Å². The molecule has 24 heavy (non-hydrogen) atoms. The molecule has 0 unspecified atom stereocenters. The third-order valence-electron chi connectivity index (χ3n) is 4.56. The topological polar surface area (TPSA) is 76.0 Å². The van der Waals surface area contributed by atoms with Gasteiger partial charge in [-0.1, -0.05) is 17.7 Å². The number of rotatable bonds is 5. The van der Waals surface area contributed by atoms with Gasteiger partial charge in [0.15, 0.2) is 0 Å². The van der Waals surface area contributed by atoms with Gasteiger partial charge in [0.05, 0.1) is 17.4 Å². The SMILES string of the molecule is O=C(C=C(C1CC1)C1CC1)NNC(=O)Cn1cnc2ccccc21. The van der Waals surface area contributed by atoms with Crippen LogP contribution in [-0.4, -0.2) is 21.4 Å². The van der Waals surface area contributed by atoms with Gasteiger partial charge >= 0.3 is 0 Å². The Morgan fingerprint density at radius 2 is 1.83 bits per heavy atom. The van der Waals surface area contributed by atoms with Crippen LogP contribution in [0, 0.1) is 11.8 Å². The van der Waals surface area contributed by atoms with Crippen LogP contribution >= 0.6 is 0 Å². The average Bonchev–Trinajstić information content (AvgIpc) is 3.50. The highest BCUT2D eigenvalue weighted by Gasteiger charge is 2.36. The fourth-order valence-electron chi connectivity index (χ4n) is 3.05. The first-order valence-electron chi connectivity index (χ1n) is 8.41. The minimum Gasteiger partial charge on any atom is -0.321 e. The van der Waals surface area contributed by atoms with E-state index >= 15 is 0 Å². The molecule has 2 aromatic rings. The predicted octanol–water partition coefficient (Wildman–Crippen LogP) is 1.93. The molecule has 2 aliphatic rings. The fraction of sp³-hybridized carbons (Fsp3) is 0.389. The van der Waals surface area contributed by atoms with Gasteiger partial charge < -0.3 is 4.57 Å². The number of imidazole rings is 1. The van der Waals surface area contributed by atoms with Crippen molar-refractivity contribution in [1.29, 1.82) is 0 Å². The van der Waals surface area contributed by atoms with Crippen LogP contribution < -0.4 is 10.9 Å². The molecule has 0 atom stereocenters. The molecule has 1 aromatic heterocycles. The lowest BCUT2D eigenvalue weighted by molar-refractivity contribution is -0.127. The summed E-state index contributed by atoms with van der Waals surface area (Å²) in [6.07, 6.45) is 8.07. The maximum absolute atomic E-state index is 12.0. The molecule has 0 bridgehead atoms. The van der Waals surface area contributed by atoms with Gasteiger partial charge in [-0.15, -0.1) is 0 Å². The lowest BCUT2D eigenvalue weighted by Gasteiger charge is -2.08. The Morgan fingerprint density at radius 3 is 2.54 bits per heavy atom. The third kappa shape index (κ3) is 3.32. The molecule has 0 spiro atoms.